The molecule has 2 heterocycles. The van der Waals surface area contributed by atoms with Crippen LogP contribution in [0.15, 0.2) is 36.8 Å². The molecule has 6 heteroatoms. The van der Waals surface area contributed by atoms with E-state index in [0.717, 1.165) is 18.1 Å². The summed E-state index contributed by atoms with van der Waals surface area (Å²) in [7, 11) is 0. The van der Waals surface area contributed by atoms with Gasteiger partial charge in [-0.2, -0.15) is 0 Å². The van der Waals surface area contributed by atoms with Crippen LogP contribution in [-0.4, -0.2) is 40.4 Å². The molecule has 1 saturated heterocycles. The lowest BCUT2D eigenvalue weighted by atomic mass is 10.0. The number of hydrogen-bond donors (Lipinski definition) is 2. The third-order valence-electron chi connectivity index (χ3n) is 4.29. The third-order valence-corrected chi connectivity index (χ3v) is 4.54. The van der Waals surface area contributed by atoms with E-state index in [1.807, 2.05) is 24.3 Å². The number of halogens is 1. The number of H-pyrrole nitrogens is 1. The van der Waals surface area contributed by atoms with Gasteiger partial charge in [-0.05, 0) is 43.6 Å². The Hall–Kier alpha value is -1.85. The number of nitrogens with one attached hydrogen (secondary N) is 2. The van der Waals surface area contributed by atoms with Gasteiger partial charge in [0.15, 0.2) is 0 Å². The summed E-state index contributed by atoms with van der Waals surface area (Å²) >= 11 is 6.00. The average Bonchev–Trinajstić information content (AvgIpc) is 3.12. The molecule has 2 N–H and O–H groups in total. The fourth-order valence-corrected chi connectivity index (χ4v) is 3.16. The Morgan fingerprint density at radius 3 is 2.65 bits per heavy atom. The molecular formula is C17H21ClN4O. The Kier molecular flexibility index (Phi) is 5.31. The number of aromatic amines is 1. The van der Waals surface area contributed by atoms with Gasteiger partial charge >= 0.3 is 0 Å². The predicted molar refractivity (Wildman–Crippen MR) is 90.5 cm³/mol. The van der Waals surface area contributed by atoms with Crippen LogP contribution in [0.25, 0.3) is 0 Å². The second-order valence-electron chi connectivity index (χ2n) is 5.84. The largest absolute Gasteiger partial charge is 0.349 e. The third kappa shape index (κ3) is 4.12. The van der Waals surface area contributed by atoms with Gasteiger partial charge in [0.05, 0.1) is 18.6 Å². The smallest absolute Gasteiger partial charge is 0.269 e. The van der Waals surface area contributed by atoms with Gasteiger partial charge in [-0.3, -0.25) is 9.69 Å². The number of likely N-dealkylation sites (tertiary alicyclic amines) is 1. The van der Waals surface area contributed by atoms with Crippen LogP contribution < -0.4 is 5.32 Å². The van der Waals surface area contributed by atoms with E-state index in [0.29, 0.717) is 12.2 Å². The van der Waals surface area contributed by atoms with E-state index in [-0.39, 0.29) is 11.9 Å². The molecule has 0 aliphatic carbocycles. The summed E-state index contributed by atoms with van der Waals surface area (Å²) in [6.45, 7) is 2.69. The van der Waals surface area contributed by atoms with Crippen molar-refractivity contribution in [2.75, 3.05) is 19.6 Å². The number of hydrogen-bond acceptors (Lipinski definition) is 3. The summed E-state index contributed by atoms with van der Waals surface area (Å²) in [6, 6.07) is 8.07. The summed E-state index contributed by atoms with van der Waals surface area (Å²) < 4.78 is 0. The molecule has 2 aromatic rings. The van der Waals surface area contributed by atoms with Crippen LogP contribution in [0.3, 0.4) is 0 Å². The Morgan fingerprint density at radius 2 is 2.00 bits per heavy atom. The van der Waals surface area contributed by atoms with Gasteiger partial charge in [0.1, 0.15) is 5.69 Å². The highest BCUT2D eigenvalue weighted by Gasteiger charge is 2.23. The predicted octanol–water partition coefficient (Wildman–Crippen LogP) is 3.02. The first kappa shape index (κ1) is 16.0. The van der Waals surface area contributed by atoms with Crippen LogP contribution in [0, 0.1) is 0 Å². The van der Waals surface area contributed by atoms with Crippen molar-refractivity contribution in [2.45, 2.75) is 25.3 Å². The molecule has 1 atom stereocenters. The summed E-state index contributed by atoms with van der Waals surface area (Å²) in [5.74, 6) is -0.126. The zero-order valence-corrected chi connectivity index (χ0v) is 13.7. The van der Waals surface area contributed by atoms with Gasteiger partial charge in [0, 0.05) is 11.6 Å². The average molecular weight is 333 g/mol. The lowest BCUT2D eigenvalue weighted by Crippen LogP contribution is -2.40. The summed E-state index contributed by atoms with van der Waals surface area (Å²) in [6.07, 6.45) is 6.74. The monoisotopic (exact) mass is 332 g/mol. The Labute approximate surface area is 141 Å². The van der Waals surface area contributed by atoms with Gasteiger partial charge in [0.25, 0.3) is 5.91 Å². The number of rotatable bonds is 5. The molecule has 23 heavy (non-hydrogen) atoms. The highest BCUT2D eigenvalue weighted by atomic mass is 35.5. The zero-order valence-electron chi connectivity index (χ0n) is 13.0. The highest BCUT2D eigenvalue weighted by Crippen LogP contribution is 2.25. The van der Waals surface area contributed by atoms with Gasteiger partial charge in [0.2, 0.25) is 0 Å². The fraction of sp³-hybridized carbons (Fsp3) is 0.412. The summed E-state index contributed by atoms with van der Waals surface area (Å²) in [5, 5.41) is 3.74. The Morgan fingerprint density at radius 1 is 1.26 bits per heavy atom. The van der Waals surface area contributed by atoms with Crippen molar-refractivity contribution in [2.24, 2.45) is 0 Å². The molecule has 0 saturated carbocycles. The fourth-order valence-electron chi connectivity index (χ4n) is 3.04. The molecule has 1 aromatic heterocycles. The Balaban J connectivity index is 1.72. The molecule has 1 fully saturated rings. The van der Waals surface area contributed by atoms with Crippen molar-refractivity contribution >= 4 is 17.5 Å². The number of benzene rings is 1. The molecule has 3 rings (SSSR count). The van der Waals surface area contributed by atoms with E-state index in [1.165, 1.54) is 37.4 Å². The van der Waals surface area contributed by atoms with Crippen LogP contribution in [0.4, 0.5) is 0 Å². The topological polar surface area (TPSA) is 61.0 Å². The number of imidazole rings is 1. The molecule has 5 nitrogen and oxygen atoms in total. The number of amides is 1. The van der Waals surface area contributed by atoms with Crippen molar-refractivity contribution < 1.29 is 4.79 Å². The molecule has 0 unspecified atom stereocenters. The molecule has 122 valence electrons. The van der Waals surface area contributed by atoms with Crippen LogP contribution in [-0.2, 0) is 0 Å². The van der Waals surface area contributed by atoms with Crippen molar-refractivity contribution in [3.05, 3.63) is 53.1 Å². The minimum absolute atomic E-state index is 0.126. The van der Waals surface area contributed by atoms with E-state index in [2.05, 4.69) is 20.2 Å². The lowest BCUT2D eigenvalue weighted by molar-refractivity contribution is 0.0920. The molecule has 1 aliphatic heterocycles. The minimum atomic E-state index is -0.126. The number of piperidine rings is 1. The number of carbonyl (C=O) groups excluding carboxylic acids is 1. The normalized spacial score (nSPS) is 16.9. The van der Waals surface area contributed by atoms with Crippen LogP contribution in [0.5, 0.6) is 0 Å². The molecule has 1 amide bonds. The zero-order chi connectivity index (χ0) is 16.1. The quantitative estimate of drug-likeness (QED) is 0.884. The molecule has 0 radical (unpaired) electrons. The first-order chi connectivity index (χ1) is 11.2. The van der Waals surface area contributed by atoms with Gasteiger partial charge in [-0.1, -0.05) is 30.2 Å². The van der Waals surface area contributed by atoms with E-state index in [9.17, 15) is 4.79 Å². The number of carbonyl (C=O) groups is 1. The van der Waals surface area contributed by atoms with Crippen LogP contribution >= 0.6 is 11.6 Å². The van der Waals surface area contributed by atoms with Gasteiger partial charge in [-0.15, -0.1) is 0 Å². The lowest BCUT2D eigenvalue weighted by Gasteiger charge is -2.35. The molecule has 1 aliphatic rings. The molecule has 0 bridgehead atoms. The maximum absolute atomic E-state index is 12.2. The van der Waals surface area contributed by atoms with E-state index in [1.54, 1.807) is 0 Å². The van der Waals surface area contributed by atoms with Crippen molar-refractivity contribution in [3.8, 4) is 0 Å². The van der Waals surface area contributed by atoms with Crippen LogP contribution in [0.2, 0.25) is 5.02 Å². The summed E-state index contributed by atoms with van der Waals surface area (Å²) in [4.78, 5) is 21.3. The van der Waals surface area contributed by atoms with Gasteiger partial charge < -0.3 is 10.3 Å². The Bertz CT molecular complexity index is 621. The maximum Gasteiger partial charge on any atom is 0.269 e. The van der Waals surface area contributed by atoms with E-state index >= 15 is 0 Å². The SMILES string of the molecule is O=C(NC[C@H](c1ccc(Cl)cc1)N1CCCCC1)c1cnc[nH]1. The minimum Gasteiger partial charge on any atom is -0.349 e. The second kappa shape index (κ2) is 7.62. The number of aromatic nitrogens is 2. The van der Waals surface area contributed by atoms with E-state index in [4.69, 9.17) is 11.6 Å². The first-order valence-corrected chi connectivity index (χ1v) is 8.38. The number of nitrogens with zero attached hydrogens (tertiary/aromatic N) is 2. The second-order valence-corrected chi connectivity index (χ2v) is 6.28. The van der Waals surface area contributed by atoms with Crippen molar-refractivity contribution in [1.82, 2.24) is 20.2 Å². The highest BCUT2D eigenvalue weighted by molar-refractivity contribution is 6.30. The maximum atomic E-state index is 12.2. The molecule has 1 aromatic carbocycles. The first-order valence-electron chi connectivity index (χ1n) is 8.00. The van der Waals surface area contributed by atoms with E-state index < -0.39 is 0 Å². The summed E-state index contributed by atoms with van der Waals surface area (Å²) in [5.41, 5.74) is 1.67. The standard InChI is InChI=1S/C17H21ClN4O/c18-14-6-4-13(5-7-14)16(22-8-2-1-3-9-22)11-20-17(23)15-10-19-12-21-15/h4-7,10,12,16H,1-3,8-9,11H2,(H,19,21)(H,20,23)/t16-/m1/s1. The molecular weight excluding hydrogens is 312 g/mol. The van der Waals surface area contributed by atoms with Crippen molar-refractivity contribution in [3.63, 3.8) is 0 Å². The van der Waals surface area contributed by atoms with Crippen LogP contribution in [0.1, 0.15) is 41.4 Å². The molecule has 0 spiro atoms. The van der Waals surface area contributed by atoms with Gasteiger partial charge in [-0.25, -0.2) is 4.98 Å². The van der Waals surface area contributed by atoms with Crippen molar-refractivity contribution in [1.29, 1.82) is 0 Å².